The highest BCUT2D eigenvalue weighted by Gasteiger charge is 2.49. The van der Waals surface area contributed by atoms with E-state index in [0.717, 1.165) is 11.3 Å². The summed E-state index contributed by atoms with van der Waals surface area (Å²) in [5.74, 6) is -0.0989. The van der Waals surface area contributed by atoms with Crippen LogP contribution in [-0.2, 0) is 14.6 Å². The number of aliphatic imine (C=N–C) groups is 1. The highest BCUT2D eigenvalue weighted by molar-refractivity contribution is 8.16. The molecule has 5 nitrogen and oxygen atoms in total. The summed E-state index contributed by atoms with van der Waals surface area (Å²) in [5.41, 5.74) is 1.66. The Morgan fingerprint density at radius 3 is 2.82 bits per heavy atom. The quantitative estimate of drug-likeness (QED) is 0.770. The Labute approximate surface area is 138 Å². The van der Waals surface area contributed by atoms with Gasteiger partial charge in [-0.05, 0) is 24.6 Å². The third-order valence-corrected chi connectivity index (χ3v) is 7.44. The molecule has 2 heterocycles. The van der Waals surface area contributed by atoms with Crippen LogP contribution in [0.3, 0.4) is 0 Å². The number of hydrogen-bond donors (Lipinski definition) is 0. The van der Waals surface area contributed by atoms with E-state index in [1.54, 1.807) is 6.07 Å². The molecule has 3 rings (SSSR count). The van der Waals surface area contributed by atoms with E-state index in [4.69, 9.17) is 11.6 Å². The van der Waals surface area contributed by atoms with Crippen molar-refractivity contribution in [3.8, 4) is 0 Å². The first-order valence-electron chi connectivity index (χ1n) is 6.79. The molecule has 2 aliphatic rings. The number of carbonyl (C=O) groups excluding carboxylic acids is 1. The average molecular weight is 359 g/mol. The fourth-order valence-corrected chi connectivity index (χ4v) is 6.96. The van der Waals surface area contributed by atoms with Gasteiger partial charge in [-0.25, -0.2) is 8.42 Å². The smallest absolute Gasteiger partial charge is 0.244 e. The van der Waals surface area contributed by atoms with Crippen molar-refractivity contribution in [2.75, 3.05) is 16.4 Å². The van der Waals surface area contributed by atoms with Crippen LogP contribution in [0.1, 0.15) is 12.5 Å². The van der Waals surface area contributed by atoms with Crippen LogP contribution in [0.25, 0.3) is 0 Å². The Morgan fingerprint density at radius 1 is 1.41 bits per heavy atom. The lowest BCUT2D eigenvalue weighted by Gasteiger charge is -2.26. The molecule has 2 aliphatic heterocycles. The molecule has 2 saturated heterocycles. The van der Waals surface area contributed by atoms with Gasteiger partial charge >= 0.3 is 0 Å². The molecule has 0 bridgehead atoms. The van der Waals surface area contributed by atoms with Gasteiger partial charge in [-0.1, -0.05) is 29.4 Å². The van der Waals surface area contributed by atoms with Crippen molar-refractivity contribution in [3.05, 3.63) is 28.8 Å². The van der Waals surface area contributed by atoms with Gasteiger partial charge in [0.15, 0.2) is 15.0 Å². The number of hydrogen-bond acceptors (Lipinski definition) is 4. The monoisotopic (exact) mass is 358 g/mol. The lowest BCUT2D eigenvalue weighted by atomic mass is 10.1. The number of halogens is 1. The predicted octanol–water partition coefficient (Wildman–Crippen LogP) is 2.27. The molecule has 2 unspecified atom stereocenters. The van der Waals surface area contributed by atoms with Gasteiger partial charge in [-0.15, -0.1) is 0 Å². The van der Waals surface area contributed by atoms with Gasteiger partial charge in [0.2, 0.25) is 5.91 Å². The van der Waals surface area contributed by atoms with E-state index in [1.165, 1.54) is 18.7 Å². The number of benzene rings is 1. The third-order valence-electron chi connectivity index (χ3n) is 3.82. The van der Waals surface area contributed by atoms with E-state index >= 15 is 0 Å². The van der Waals surface area contributed by atoms with E-state index in [9.17, 15) is 13.2 Å². The molecular weight excluding hydrogens is 344 g/mol. The Balaban J connectivity index is 2.10. The molecule has 8 heteroatoms. The van der Waals surface area contributed by atoms with Gasteiger partial charge in [0, 0.05) is 22.9 Å². The van der Waals surface area contributed by atoms with Crippen LogP contribution in [0.5, 0.6) is 0 Å². The number of nitrogens with zero attached hydrogens (tertiary/aromatic N) is 2. The normalized spacial score (nSPS) is 28.1. The van der Waals surface area contributed by atoms with Crippen molar-refractivity contribution < 1.29 is 13.2 Å². The van der Waals surface area contributed by atoms with E-state index in [1.807, 2.05) is 24.0 Å². The number of amidine groups is 1. The molecule has 0 N–H and O–H groups in total. The number of amides is 1. The molecular formula is C14H15ClN2O3S2. The Kier molecular flexibility index (Phi) is 3.99. The van der Waals surface area contributed by atoms with Crippen LogP contribution in [0, 0.1) is 6.92 Å². The van der Waals surface area contributed by atoms with Gasteiger partial charge in [0.1, 0.15) is 0 Å². The molecule has 2 fully saturated rings. The summed E-state index contributed by atoms with van der Waals surface area (Å²) < 4.78 is 23.9. The lowest BCUT2D eigenvalue weighted by molar-refractivity contribution is -0.115. The number of anilines is 1. The summed E-state index contributed by atoms with van der Waals surface area (Å²) in [4.78, 5) is 17.3. The average Bonchev–Trinajstić information content (AvgIpc) is 2.84. The van der Waals surface area contributed by atoms with Gasteiger partial charge < -0.3 is 4.90 Å². The van der Waals surface area contributed by atoms with E-state index in [2.05, 4.69) is 4.99 Å². The van der Waals surface area contributed by atoms with E-state index < -0.39 is 9.84 Å². The van der Waals surface area contributed by atoms with Crippen LogP contribution in [0.2, 0.25) is 5.02 Å². The molecule has 1 amide bonds. The van der Waals surface area contributed by atoms with Crippen molar-refractivity contribution in [2.45, 2.75) is 25.1 Å². The maximum absolute atomic E-state index is 11.9. The fourth-order valence-electron chi connectivity index (χ4n) is 2.84. The van der Waals surface area contributed by atoms with Gasteiger partial charge in [0.25, 0.3) is 0 Å². The summed E-state index contributed by atoms with van der Waals surface area (Å²) in [6.07, 6.45) is 0. The minimum Gasteiger partial charge on any atom is -0.315 e. The molecule has 0 aliphatic carbocycles. The first-order chi connectivity index (χ1) is 10.3. The maximum Gasteiger partial charge on any atom is 0.244 e. The maximum atomic E-state index is 11.9. The summed E-state index contributed by atoms with van der Waals surface area (Å²) in [6.45, 7) is 3.27. The molecule has 118 valence electrons. The molecule has 22 heavy (non-hydrogen) atoms. The Morgan fingerprint density at radius 2 is 2.14 bits per heavy atom. The Hall–Kier alpha value is -1.05. The zero-order valence-electron chi connectivity index (χ0n) is 12.1. The summed E-state index contributed by atoms with van der Waals surface area (Å²) >= 11 is 7.55. The van der Waals surface area contributed by atoms with Crippen LogP contribution >= 0.6 is 23.4 Å². The second kappa shape index (κ2) is 5.54. The summed E-state index contributed by atoms with van der Waals surface area (Å²) in [7, 11) is -3.06. The first-order valence-corrected chi connectivity index (χ1v) is 9.87. The minimum absolute atomic E-state index is 0.0769. The zero-order valence-corrected chi connectivity index (χ0v) is 14.5. The van der Waals surface area contributed by atoms with Crippen LogP contribution < -0.4 is 4.90 Å². The van der Waals surface area contributed by atoms with Crippen LogP contribution in [0.4, 0.5) is 5.69 Å². The van der Waals surface area contributed by atoms with Crippen molar-refractivity contribution in [3.63, 3.8) is 0 Å². The number of thioether (sulfide) groups is 1. The molecule has 1 aromatic rings. The second-order valence-electron chi connectivity index (χ2n) is 5.47. The lowest BCUT2D eigenvalue weighted by Crippen LogP contribution is -2.38. The van der Waals surface area contributed by atoms with Gasteiger partial charge in [-0.3, -0.25) is 4.79 Å². The highest BCUT2D eigenvalue weighted by Crippen LogP contribution is 2.42. The number of sulfone groups is 1. The minimum atomic E-state index is -3.06. The first kappa shape index (κ1) is 15.8. The van der Waals surface area contributed by atoms with Crippen molar-refractivity contribution >= 4 is 50.0 Å². The molecule has 2 atom stereocenters. The number of rotatable bonds is 1. The van der Waals surface area contributed by atoms with Crippen LogP contribution in [0.15, 0.2) is 23.2 Å². The predicted molar refractivity (Wildman–Crippen MR) is 90.6 cm³/mol. The third kappa shape index (κ3) is 2.77. The second-order valence-corrected chi connectivity index (χ2v) is 9.24. The van der Waals surface area contributed by atoms with Crippen molar-refractivity contribution in [1.82, 2.24) is 0 Å². The van der Waals surface area contributed by atoms with Crippen molar-refractivity contribution in [1.29, 1.82) is 0 Å². The van der Waals surface area contributed by atoms with E-state index in [0.29, 0.717) is 10.2 Å². The number of fused-ring (bicyclic) bond motifs is 1. The molecule has 0 saturated carbocycles. The highest BCUT2D eigenvalue weighted by atomic mass is 35.5. The van der Waals surface area contributed by atoms with E-state index in [-0.39, 0.29) is 28.7 Å². The molecule has 0 spiro atoms. The SMILES string of the molecule is CC(=O)N=C1SC2CS(=O)(=O)CC2N1c1cccc(Cl)c1C. The topological polar surface area (TPSA) is 66.8 Å². The van der Waals surface area contributed by atoms with Crippen molar-refractivity contribution in [2.24, 2.45) is 4.99 Å². The zero-order chi connectivity index (χ0) is 16.1. The summed E-state index contributed by atoms with van der Waals surface area (Å²) in [6, 6.07) is 5.28. The molecule has 0 radical (unpaired) electrons. The van der Waals surface area contributed by atoms with Gasteiger partial charge in [-0.2, -0.15) is 4.99 Å². The van der Waals surface area contributed by atoms with Gasteiger partial charge in [0.05, 0.1) is 17.5 Å². The fraction of sp³-hybridized carbons (Fsp3) is 0.429. The van der Waals surface area contributed by atoms with Crippen LogP contribution in [-0.4, -0.2) is 42.3 Å². The standard InChI is InChI=1S/C14H15ClN2O3S2/c1-8-10(15)4-3-5-11(8)17-12-6-22(19,20)7-13(12)21-14(17)16-9(2)18/h3-5,12-13H,6-7H2,1-2H3. The molecule has 0 aromatic heterocycles. The Bertz CT molecular complexity index is 776. The molecule has 1 aromatic carbocycles. The number of carbonyl (C=O) groups is 1. The summed E-state index contributed by atoms with van der Waals surface area (Å²) in [5, 5.41) is 1.07. The largest absolute Gasteiger partial charge is 0.315 e.